The average Bonchev–Trinajstić information content (AvgIpc) is 3.06. The second-order valence-corrected chi connectivity index (χ2v) is 10.0. The molecule has 0 saturated carbocycles. The van der Waals surface area contributed by atoms with Crippen LogP contribution >= 0.6 is 11.6 Å². The number of ether oxygens (including phenoxy) is 3. The number of phenolic OH excluding ortho intramolecular Hbond substituents is 1. The summed E-state index contributed by atoms with van der Waals surface area (Å²) in [6.07, 6.45) is 6.06. The third-order valence-electron chi connectivity index (χ3n) is 7.08. The van der Waals surface area contributed by atoms with Crippen molar-refractivity contribution >= 4 is 56.7 Å². The number of fused-ring (bicyclic) bond motifs is 2. The van der Waals surface area contributed by atoms with Gasteiger partial charge in [-0.05, 0) is 62.1 Å². The number of benzene rings is 2. The van der Waals surface area contributed by atoms with E-state index >= 15 is 0 Å². The van der Waals surface area contributed by atoms with Crippen molar-refractivity contribution in [1.82, 2.24) is 9.97 Å². The highest BCUT2D eigenvalue weighted by Gasteiger charge is 2.18. The summed E-state index contributed by atoms with van der Waals surface area (Å²) in [5.74, 6) is -0.326. The highest BCUT2D eigenvalue weighted by atomic mass is 35.5. The summed E-state index contributed by atoms with van der Waals surface area (Å²) in [4.78, 5) is 51.4. The molecule has 252 valence electrons. The second-order valence-electron chi connectivity index (χ2n) is 9.82. The number of nitro groups is 2. The van der Waals surface area contributed by atoms with Crippen LogP contribution < -0.4 is 4.74 Å². The van der Waals surface area contributed by atoms with Crippen molar-refractivity contribution in [3.05, 3.63) is 81.2 Å². The number of phenols is 1. The molecule has 0 amide bonds. The number of nitro benzene ring substituents is 2. The number of halogens is 1. The number of hydrogen-bond donors (Lipinski definition) is 1. The zero-order valence-corrected chi connectivity index (χ0v) is 27.2. The lowest BCUT2D eigenvalue weighted by molar-refractivity contribution is -0.383. The van der Waals surface area contributed by atoms with E-state index in [4.69, 9.17) is 21.1 Å². The minimum Gasteiger partial charge on any atom is -0.506 e. The van der Waals surface area contributed by atoms with Crippen LogP contribution in [0.2, 0.25) is 0 Å². The lowest BCUT2D eigenvalue weighted by atomic mass is 10.0. The molecule has 0 unspecified atom stereocenters. The molecular formula is C32H37ClN4O10. The summed E-state index contributed by atoms with van der Waals surface area (Å²) in [5.41, 5.74) is 0.516. The fourth-order valence-electron chi connectivity index (χ4n) is 4.39. The van der Waals surface area contributed by atoms with Crippen molar-refractivity contribution in [1.29, 1.82) is 0 Å². The van der Waals surface area contributed by atoms with E-state index in [1.807, 2.05) is 27.7 Å². The highest BCUT2D eigenvalue weighted by molar-refractivity contribution is 6.17. The maximum atomic E-state index is 11.8. The zero-order chi connectivity index (χ0) is 34.9. The SMILES string of the molecule is CCC(CC)C(=O)OCCl.CCC(CC)C(=O)OCOc1ccc([N+](=O)[O-])c2cccnc12.O=[N+]([O-])c1ccc(O)c2ncccc12. The van der Waals surface area contributed by atoms with E-state index in [2.05, 4.69) is 14.7 Å². The number of pyridine rings is 2. The Morgan fingerprint density at radius 1 is 0.766 bits per heavy atom. The Kier molecular flexibility index (Phi) is 15.7. The molecule has 2 aromatic heterocycles. The van der Waals surface area contributed by atoms with Gasteiger partial charge in [-0.15, -0.1) is 0 Å². The van der Waals surface area contributed by atoms with E-state index in [0.29, 0.717) is 34.9 Å². The first-order valence-corrected chi connectivity index (χ1v) is 15.3. The molecule has 0 atom stereocenters. The minimum absolute atomic E-state index is 0.0266. The maximum Gasteiger partial charge on any atom is 0.311 e. The molecule has 2 heterocycles. The van der Waals surface area contributed by atoms with Gasteiger partial charge in [-0.2, -0.15) is 0 Å². The Hall–Kier alpha value is -5.11. The van der Waals surface area contributed by atoms with Crippen LogP contribution in [0, 0.1) is 32.1 Å². The van der Waals surface area contributed by atoms with E-state index in [0.717, 1.165) is 12.8 Å². The molecule has 15 heteroatoms. The predicted molar refractivity (Wildman–Crippen MR) is 175 cm³/mol. The van der Waals surface area contributed by atoms with Crippen molar-refractivity contribution in [2.75, 3.05) is 12.9 Å². The summed E-state index contributed by atoms with van der Waals surface area (Å²) < 4.78 is 15.1. The van der Waals surface area contributed by atoms with Crippen molar-refractivity contribution in [3.8, 4) is 11.5 Å². The molecule has 2 aromatic carbocycles. The van der Waals surface area contributed by atoms with Gasteiger partial charge in [0.2, 0.25) is 6.79 Å². The molecule has 0 aliphatic carbocycles. The summed E-state index contributed by atoms with van der Waals surface area (Å²) in [5, 5.41) is 31.8. The molecule has 1 N–H and O–H groups in total. The van der Waals surface area contributed by atoms with Gasteiger partial charge in [0.15, 0.2) is 6.07 Å². The van der Waals surface area contributed by atoms with Gasteiger partial charge >= 0.3 is 11.9 Å². The van der Waals surface area contributed by atoms with Crippen LogP contribution in [0.5, 0.6) is 11.5 Å². The Morgan fingerprint density at radius 3 is 1.72 bits per heavy atom. The topological polar surface area (TPSA) is 194 Å². The van der Waals surface area contributed by atoms with Gasteiger partial charge in [0.1, 0.15) is 22.5 Å². The van der Waals surface area contributed by atoms with Crippen molar-refractivity contribution < 1.29 is 38.8 Å². The van der Waals surface area contributed by atoms with Gasteiger partial charge in [-0.1, -0.05) is 39.3 Å². The number of carbonyl (C=O) groups excluding carboxylic acids is 2. The molecule has 0 aliphatic heterocycles. The van der Waals surface area contributed by atoms with Gasteiger partial charge in [0.05, 0.1) is 32.5 Å². The first-order valence-electron chi connectivity index (χ1n) is 14.8. The van der Waals surface area contributed by atoms with Gasteiger partial charge < -0.3 is 19.3 Å². The Balaban J connectivity index is 0.000000272. The van der Waals surface area contributed by atoms with E-state index in [-0.39, 0.29) is 59.3 Å². The van der Waals surface area contributed by atoms with Crippen molar-refractivity contribution in [2.45, 2.75) is 53.4 Å². The van der Waals surface area contributed by atoms with E-state index < -0.39 is 9.85 Å². The Bertz CT molecular complexity index is 1660. The summed E-state index contributed by atoms with van der Waals surface area (Å²) >= 11 is 5.21. The van der Waals surface area contributed by atoms with E-state index in [1.54, 1.807) is 24.3 Å². The molecule has 0 aliphatic rings. The first-order chi connectivity index (χ1) is 22.5. The van der Waals surface area contributed by atoms with Crippen LogP contribution in [-0.4, -0.2) is 49.7 Å². The smallest absolute Gasteiger partial charge is 0.311 e. The number of aromatic hydroxyl groups is 1. The fraction of sp³-hybridized carbons (Fsp3) is 0.375. The zero-order valence-electron chi connectivity index (χ0n) is 26.5. The van der Waals surface area contributed by atoms with Crippen LogP contribution in [0.25, 0.3) is 21.8 Å². The number of carbonyl (C=O) groups is 2. The molecule has 0 fully saturated rings. The summed E-state index contributed by atoms with van der Waals surface area (Å²) in [6, 6.07) is 11.7. The quantitative estimate of drug-likeness (QED) is 0.0513. The minimum atomic E-state index is -0.497. The first kappa shape index (κ1) is 38.1. The molecule has 0 saturated heterocycles. The largest absolute Gasteiger partial charge is 0.506 e. The monoisotopic (exact) mass is 672 g/mol. The molecular weight excluding hydrogens is 636 g/mol. The maximum absolute atomic E-state index is 11.8. The van der Waals surface area contributed by atoms with Crippen molar-refractivity contribution in [2.24, 2.45) is 11.8 Å². The Labute approximate surface area is 275 Å². The molecule has 0 radical (unpaired) electrons. The number of esters is 2. The molecule has 4 rings (SSSR count). The molecule has 47 heavy (non-hydrogen) atoms. The third-order valence-corrected chi connectivity index (χ3v) is 7.19. The molecule has 14 nitrogen and oxygen atoms in total. The number of alkyl halides is 1. The third kappa shape index (κ3) is 10.7. The van der Waals surface area contributed by atoms with Gasteiger partial charge in [0, 0.05) is 24.5 Å². The number of nitrogens with zero attached hydrogens (tertiary/aromatic N) is 4. The average molecular weight is 673 g/mol. The molecule has 0 spiro atoms. The predicted octanol–water partition coefficient (Wildman–Crippen LogP) is 7.47. The Morgan fingerprint density at radius 2 is 1.23 bits per heavy atom. The van der Waals surface area contributed by atoms with Crippen LogP contribution in [0.3, 0.4) is 0 Å². The normalized spacial score (nSPS) is 10.4. The van der Waals surface area contributed by atoms with Gasteiger partial charge in [-0.3, -0.25) is 39.8 Å². The number of rotatable bonds is 12. The summed E-state index contributed by atoms with van der Waals surface area (Å²) in [6.45, 7) is 7.51. The van der Waals surface area contributed by atoms with Crippen LogP contribution in [-0.2, 0) is 19.1 Å². The van der Waals surface area contributed by atoms with E-state index in [9.17, 15) is 34.9 Å². The van der Waals surface area contributed by atoms with Crippen LogP contribution in [0.15, 0.2) is 60.9 Å². The fourth-order valence-corrected chi connectivity index (χ4v) is 4.50. The van der Waals surface area contributed by atoms with E-state index in [1.165, 1.54) is 36.7 Å². The lowest BCUT2D eigenvalue weighted by Gasteiger charge is -2.13. The second kappa shape index (κ2) is 19.4. The number of hydrogen-bond acceptors (Lipinski definition) is 12. The standard InChI is InChI=1S/C16H18N2O5.C9H6N2O3.C7H13ClO2/c1-3-11(4-2)16(19)23-10-22-14-8-7-13(18(20)21)12-6-5-9-17-15(12)14;12-8-4-3-7(11(13)14)6-2-1-5-10-9(6)8;1-3-6(4-2)7(9)10-5-8/h5-9,11H,3-4,10H2,1-2H3;1-5,12H;6H,3-5H2,1-2H3. The van der Waals surface area contributed by atoms with Crippen molar-refractivity contribution in [3.63, 3.8) is 0 Å². The number of non-ortho nitro benzene ring substituents is 2. The molecule has 4 aromatic rings. The van der Waals surface area contributed by atoms with Gasteiger partial charge in [-0.25, -0.2) is 0 Å². The van der Waals surface area contributed by atoms with Crippen LogP contribution in [0.1, 0.15) is 53.4 Å². The molecule has 0 bridgehead atoms. The van der Waals surface area contributed by atoms with Crippen LogP contribution in [0.4, 0.5) is 11.4 Å². The van der Waals surface area contributed by atoms with Gasteiger partial charge in [0.25, 0.3) is 11.4 Å². The lowest BCUT2D eigenvalue weighted by Crippen LogP contribution is -2.19. The number of aromatic nitrogens is 2. The highest BCUT2D eigenvalue weighted by Crippen LogP contribution is 2.32. The summed E-state index contributed by atoms with van der Waals surface area (Å²) in [7, 11) is 0.